The molecular formula is C15H24FN3O. The Balaban J connectivity index is 2.58. The van der Waals surface area contributed by atoms with Gasteiger partial charge in [0, 0.05) is 19.0 Å². The molecule has 2 unspecified atom stereocenters. The molecule has 1 aromatic carbocycles. The molecule has 0 aliphatic rings. The first-order valence-corrected chi connectivity index (χ1v) is 6.84. The van der Waals surface area contributed by atoms with E-state index in [1.165, 1.54) is 12.1 Å². The summed E-state index contributed by atoms with van der Waals surface area (Å²) in [6, 6.07) is 6.43. The number of likely N-dealkylation sites (N-methyl/N-ethyl adjacent to an activating group) is 1. The predicted octanol–water partition coefficient (Wildman–Crippen LogP) is 1.67. The summed E-state index contributed by atoms with van der Waals surface area (Å²) in [5, 5.41) is 2.88. The predicted molar refractivity (Wildman–Crippen MR) is 78.7 cm³/mol. The average molecular weight is 281 g/mol. The fraction of sp³-hybridized carbons (Fsp3) is 0.533. The monoisotopic (exact) mass is 281 g/mol. The molecule has 0 heterocycles. The second-order valence-corrected chi connectivity index (χ2v) is 5.35. The van der Waals surface area contributed by atoms with Gasteiger partial charge in [-0.3, -0.25) is 4.79 Å². The number of amides is 1. The van der Waals surface area contributed by atoms with E-state index in [1.807, 2.05) is 32.0 Å². The maximum absolute atomic E-state index is 13.3. The van der Waals surface area contributed by atoms with E-state index in [0.717, 1.165) is 5.56 Å². The fourth-order valence-corrected chi connectivity index (χ4v) is 1.97. The zero-order chi connectivity index (χ0) is 15.1. The molecule has 20 heavy (non-hydrogen) atoms. The van der Waals surface area contributed by atoms with Crippen molar-refractivity contribution >= 4 is 5.91 Å². The normalized spacial score (nSPS) is 14.1. The lowest BCUT2D eigenvalue weighted by Crippen LogP contribution is -2.35. The molecule has 2 atom stereocenters. The van der Waals surface area contributed by atoms with Crippen molar-refractivity contribution in [1.29, 1.82) is 0 Å². The van der Waals surface area contributed by atoms with Crippen LogP contribution in [0.2, 0.25) is 0 Å². The van der Waals surface area contributed by atoms with Crippen LogP contribution < -0.4 is 11.1 Å². The van der Waals surface area contributed by atoms with Gasteiger partial charge in [0.15, 0.2) is 0 Å². The van der Waals surface area contributed by atoms with E-state index < -0.39 is 0 Å². The van der Waals surface area contributed by atoms with Crippen molar-refractivity contribution < 1.29 is 9.18 Å². The van der Waals surface area contributed by atoms with Crippen LogP contribution in [0, 0.1) is 5.82 Å². The van der Waals surface area contributed by atoms with Gasteiger partial charge in [0.2, 0.25) is 5.91 Å². The van der Waals surface area contributed by atoms with Crippen molar-refractivity contribution in [3.8, 4) is 0 Å². The molecule has 0 bridgehead atoms. The molecule has 0 saturated heterocycles. The van der Waals surface area contributed by atoms with Gasteiger partial charge in [-0.15, -0.1) is 0 Å². The van der Waals surface area contributed by atoms with E-state index in [-0.39, 0.29) is 23.8 Å². The molecule has 0 spiro atoms. The number of nitrogens with two attached hydrogens (primary N) is 1. The first-order valence-electron chi connectivity index (χ1n) is 6.84. The summed E-state index contributed by atoms with van der Waals surface area (Å²) in [6.45, 7) is 2.33. The smallest absolute Gasteiger partial charge is 0.220 e. The van der Waals surface area contributed by atoms with Crippen LogP contribution in [0.15, 0.2) is 24.3 Å². The Morgan fingerprint density at radius 2 is 2.15 bits per heavy atom. The zero-order valence-electron chi connectivity index (χ0n) is 12.4. The fourth-order valence-electron chi connectivity index (χ4n) is 1.97. The lowest BCUT2D eigenvalue weighted by molar-refractivity contribution is -0.121. The molecule has 0 radical (unpaired) electrons. The van der Waals surface area contributed by atoms with Gasteiger partial charge in [0.25, 0.3) is 0 Å². The summed E-state index contributed by atoms with van der Waals surface area (Å²) >= 11 is 0. The third kappa shape index (κ3) is 5.67. The van der Waals surface area contributed by atoms with E-state index in [4.69, 9.17) is 5.73 Å². The highest BCUT2D eigenvalue weighted by Gasteiger charge is 2.15. The highest BCUT2D eigenvalue weighted by molar-refractivity contribution is 5.75. The lowest BCUT2D eigenvalue weighted by atomic mass is 10.1. The highest BCUT2D eigenvalue weighted by Crippen LogP contribution is 2.18. The van der Waals surface area contributed by atoms with Crippen molar-refractivity contribution in [2.75, 3.05) is 20.6 Å². The van der Waals surface area contributed by atoms with Crippen LogP contribution in [0.5, 0.6) is 0 Å². The van der Waals surface area contributed by atoms with Crippen LogP contribution in [0.25, 0.3) is 0 Å². The average Bonchev–Trinajstić information content (AvgIpc) is 2.36. The van der Waals surface area contributed by atoms with Gasteiger partial charge in [-0.1, -0.05) is 12.1 Å². The Morgan fingerprint density at radius 3 is 2.70 bits per heavy atom. The maximum atomic E-state index is 13.3. The Morgan fingerprint density at radius 1 is 1.45 bits per heavy atom. The Bertz CT molecular complexity index is 435. The third-order valence-corrected chi connectivity index (χ3v) is 3.18. The Labute approximate surface area is 120 Å². The topological polar surface area (TPSA) is 58.4 Å². The number of benzene rings is 1. The summed E-state index contributed by atoms with van der Waals surface area (Å²) < 4.78 is 13.3. The second kappa shape index (κ2) is 7.97. The first kappa shape index (κ1) is 16.6. The molecule has 4 nitrogen and oxygen atoms in total. The zero-order valence-corrected chi connectivity index (χ0v) is 12.4. The maximum Gasteiger partial charge on any atom is 0.220 e. The van der Waals surface area contributed by atoms with Crippen molar-refractivity contribution in [1.82, 2.24) is 10.2 Å². The molecule has 1 amide bonds. The number of carbonyl (C=O) groups is 1. The molecule has 0 aromatic heterocycles. The minimum Gasteiger partial charge on any atom is -0.354 e. The molecule has 112 valence electrons. The molecule has 1 aromatic rings. The molecule has 0 aliphatic carbocycles. The molecule has 0 saturated carbocycles. The number of rotatable bonds is 7. The van der Waals surface area contributed by atoms with E-state index >= 15 is 0 Å². The van der Waals surface area contributed by atoms with E-state index in [9.17, 15) is 9.18 Å². The number of nitrogens with zero attached hydrogens (tertiary/aromatic N) is 1. The Hall–Kier alpha value is -1.46. The van der Waals surface area contributed by atoms with Crippen LogP contribution in [0.1, 0.15) is 31.4 Å². The first-order chi connectivity index (χ1) is 9.40. The van der Waals surface area contributed by atoms with Gasteiger partial charge >= 0.3 is 0 Å². The van der Waals surface area contributed by atoms with E-state index in [2.05, 4.69) is 5.32 Å². The van der Waals surface area contributed by atoms with Gasteiger partial charge < -0.3 is 16.0 Å². The minimum atomic E-state index is -0.266. The third-order valence-electron chi connectivity index (χ3n) is 3.18. The van der Waals surface area contributed by atoms with Gasteiger partial charge in [-0.2, -0.15) is 0 Å². The molecule has 3 N–H and O–H groups in total. The molecular weight excluding hydrogens is 257 g/mol. The molecule has 0 aliphatic heterocycles. The number of hydrogen-bond donors (Lipinski definition) is 2. The minimum absolute atomic E-state index is 0.0219. The van der Waals surface area contributed by atoms with Crippen LogP contribution in [0.3, 0.4) is 0 Å². The number of hydrogen-bond acceptors (Lipinski definition) is 3. The highest BCUT2D eigenvalue weighted by atomic mass is 19.1. The van der Waals surface area contributed by atoms with Crippen LogP contribution in [0.4, 0.5) is 4.39 Å². The molecule has 0 fully saturated rings. The van der Waals surface area contributed by atoms with Gasteiger partial charge in [-0.25, -0.2) is 4.39 Å². The van der Waals surface area contributed by atoms with Crippen LogP contribution in [-0.4, -0.2) is 37.5 Å². The van der Waals surface area contributed by atoms with Crippen LogP contribution >= 0.6 is 0 Å². The lowest BCUT2D eigenvalue weighted by Gasteiger charge is -2.25. The van der Waals surface area contributed by atoms with Crippen LogP contribution in [-0.2, 0) is 4.79 Å². The molecule has 1 rings (SSSR count). The standard InChI is InChI=1S/C15H24FN3O/c1-11(17)7-8-15(20)18-10-14(19(2)3)12-5-4-6-13(16)9-12/h4-6,9,11,14H,7-8,10,17H2,1-3H3,(H,18,20). The summed E-state index contributed by atoms with van der Waals surface area (Å²) in [5.74, 6) is -0.289. The van der Waals surface area contributed by atoms with E-state index in [1.54, 1.807) is 6.07 Å². The summed E-state index contributed by atoms with van der Waals surface area (Å²) in [5.41, 5.74) is 6.47. The Kier molecular flexibility index (Phi) is 6.61. The number of halogens is 1. The summed E-state index contributed by atoms with van der Waals surface area (Å²) in [4.78, 5) is 13.7. The van der Waals surface area contributed by atoms with Crippen molar-refractivity contribution in [3.05, 3.63) is 35.6 Å². The van der Waals surface area contributed by atoms with Gasteiger partial charge in [-0.05, 0) is 45.1 Å². The van der Waals surface area contributed by atoms with Gasteiger partial charge in [0.1, 0.15) is 5.82 Å². The number of nitrogens with one attached hydrogen (secondary N) is 1. The van der Waals surface area contributed by atoms with Crippen molar-refractivity contribution in [3.63, 3.8) is 0 Å². The van der Waals surface area contributed by atoms with Gasteiger partial charge in [0.05, 0.1) is 6.04 Å². The molecule has 5 heteroatoms. The van der Waals surface area contributed by atoms with E-state index in [0.29, 0.717) is 19.4 Å². The SMILES string of the molecule is CC(N)CCC(=O)NCC(c1cccc(F)c1)N(C)C. The summed E-state index contributed by atoms with van der Waals surface area (Å²) in [7, 11) is 3.81. The quantitative estimate of drug-likeness (QED) is 0.799. The van der Waals surface area contributed by atoms with Crippen molar-refractivity contribution in [2.45, 2.75) is 31.8 Å². The number of carbonyl (C=O) groups excluding carboxylic acids is 1. The van der Waals surface area contributed by atoms with Crippen molar-refractivity contribution in [2.24, 2.45) is 5.73 Å². The largest absolute Gasteiger partial charge is 0.354 e. The summed E-state index contributed by atoms with van der Waals surface area (Å²) in [6.07, 6.45) is 1.08. The second-order valence-electron chi connectivity index (χ2n) is 5.35.